The van der Waals surface area contributed by atoms with E-state index in [1.807, 2.05) is 23.1 Å². The average Bonchev–Trinajstić information content (AvgIpc) is 3.20. The molecule has 0 unspecified atom stereocenters. The lowest BCUT2D eigenvalue weighted by Crippen LogP contribution is -2.43. The molecule has 170 valence electrons. The molecular weight excluding hydrogens is 431 g/mol. The van der Waals surface area contributed by atoms with Gasteiger partial charge in [0.05, 0.1) is 0 Å². The summed E-state index contributed by atoms with van der Waals surface area (Å²) in [4.78, 5) is 19.9. The number of nitrogens with two attached hydrogens (primary N) is 1. The Labute approximate surface area is 198 Å². The van der Waals surface area contributed by atoms with Crippen LogP contribution in [0, 0.1) is 5.92 Å². The highest BCUT2D eigenvalue weighted by molar-refractivity contribution is 5.94. The Morgan fingerprint density at radius 1 is 0.935 bits per heavy atom. The van der Waals surface area contributed by atoms with Crippen molar-refractivity contribution in [2.45, 2.75) is 12.5 Å². The highest BCUT2D eigenvalue weighted by atomic mass is 35.5. The molecule has 31 heavy (non-hydrogen) atoms. The molecule has 2 fully saturated rings. The third-order valence-electron chi connectivity index (χ3n) is 6.46. The SMILES string of the molecule is CN1CCN(Cc2ccc(C(=O)N3C[C@@H](CN)[C@H](c4ccccc4)C3)cc2)CC1.Cl.Cl. The first-order valence-electron chi connectivity index (χ1n) is 10.7. The number of carbonyl (C=O) groups excluding carboxylic acids is 1. The number of carbonyl (C=O) groups is 1. The van der Waals surface area contributed by atoms with Gasteiger partial charge in [-0.25, -0.2) is 0 Å². The minimum Gasteiger partial charge on any atom is -0.338 e. The number of piperazine rings is 1. The third kappa shape index (κ3) is 6.21. The molecule has 2 aromatic rings. The highest BCUT2D eigenvalue weighted by Gasteiger charge is 2.35. The number of likely N-dealkylation sites (N-methyl/N-ethyl adjacent to an activating group) is 1. The lowest BCUT2D eigenvalue weighted by Gasteiger charge is -2.32. The molecule has 2 aliphatic heterocycles. The quantitative estimate of drug-likeness (QED) is 0.738. The molecule has 2 N–H and O–H groups in total. The lowest BCUT2D eigenvalue weighted by molar-refractivity contribution is 0.0786. The number of nitrogens with zero attached hydrogens (tertiary/aromatic N) is 3. The van der Waals surface area contributed by atoms with Gasteiger partial charge in [-0.05, 0) is 42.8 Å². The van der Waals surface area contributed by atoms with Gasteiger partial charge in [-0.3, -0.25) is 9.69 Å². The molecule has 2 aliphatic rings. The molecular formula is C24H34Cl2N4O. The minimum atomic E-state index is 0. The Balaban J connectivity index is 0.00000171. The van der Waals surface area contributed by atoms with Gasteiger partial charge in [0.2, 0.25) is 0 Å². The van der Waals surface area contributed by atoms with E-state index in [0.717, 1.165) is 51.4 Å². The van der Waals surface area contributed by atoms with Crippen LogP contribution in [-0.4, -0.2) is 73.5 Å². The van der Waals surface area contributed by atoms with Gasteiger partial charge in [-0.1, -0.05) is 42.5 Å². The largest absolute Gasteiger partial charge is 0.338 e. The first-order chi connectivity index (χ1) is 14.1. The summed E-state index contributed by atoms with van der Waals surface area (Å²) in [5, 5.41) is 0. The van der Waals surface area contributed by atoms with Crippen LogP contribution in [0.5, 0.6) is 0 Å². The van der Waals surface area contributed by atoms with Gasteiger partial charge in [0.25, 0.3) is 5.91 Å². The van der Waals surface area contributed by atoms with Crippen molar-refractivity contribution in [1.29, 1.82) is 0 Å². The van der Waals surface area contributed by atoms with Crippen LogP contribution in [0.2, 0.25) is 0 Å². The highest BCUT2D eigenvalue weighted by Crippen LogP contribution is 2.32. The van der Waals surface area contributed by atoms with Gasteiger partial charge in [0.15, 0.2) is 0 Å². The van der Waals surface area contributed by atoms with E-state index in [-0.39, 0.29) is 30.7 Å². The minimum absolute atomic E-state index is 0. The van der Waals surface area contributed by atoms with Crippen LogP contribution < -0.4 is 5.73 Å². The van der Waals surface area contributed by atoms with E-state index in [9.17, 15) is 4.79 Å². The normalized spacial score (nSPS) is 21.9. The summed E-state index contributed by atoms with van der Waals surface area (Å²) in [6.07, 6.45) is 0. The topological polar surface area (TPSA) is 52.8 Å². The fourth-order valence-electron chi connectivity index (χ4n) is 4.55. The van der Waals surface area contributed by atoms with Crippen molar-refractivity contribution in [3.63, 3.8) is 0 Å². The van der Waals surface area contributed by atoms with Gasteiger partial charge < -0.3 is 15.5 Å². The van der Waals surface area contributed by atoms with Crippen molar-refractivity contribution < 1.29 is 4.79 Å². The number of benzene rings is 2. The maximum absolute atomic E-state index is 13.1. The molecule has 0 bridgehead atoms. The zero-order chi connectivity index (χ0) is 20.2. The average molecular weight is 465 g/mol. The number of halogens is 2. The van der Waals surface area contributed by atoms with Crippen LogP contribution in [0.15, 0.2) is 54.6 Å². The van der Waals surface area contributed by atoms with Gasteiger partial charge in [-0.2, -0.15) is 0 Å². The van der Waals surface area contributed by atoms with Crippen LogP contribution in [0.1, 0.15) is 27.4 Å². The zero-order valence-electron chi connectivity index (χ0n) is 18.2. The molecule has 0 aromatic heterocycles. The van der Waals surface area contributed by atoms with Crippen LogP contribution >= 0.6 is 24.8 Å². The van der Waals surface area contributed by atoms with Crippen LogP contribution in [0.4, 0.5) is 0 Å². The predicted octanol–water partition coefficient (Wildman–Crippen LogP) is 3.09. The van der Waals surface area contributed by atoms with Crippen molar-refractivity contribution in [3.05, 3.63) is 71.3 Å². The van der Waals surface area contributed by atoms with Crippen molar-refractivity contribution in [3.8, 4) is 0 Å². The Morgan fingerprint density at radius 2 is 1.58 bits per heavy atom. The number of amides is 1. The van der Waals surface area contributed by atoms with Crippen LogP contribution in [0.3, 0.4) is 0 Å². The molecule has 0 radical (unpaired) electrons. The summed E-state index contributed by atoms with van der Waals surface area (Å²) in [5.41, 5.74) is 9.36. The molecule has 0 aliphatic carbocycles. The molecule has 7 heteroatoms. The number of likely N-dealkylation sites (tertiary alicyclic amines) is 1. The van der Waals surface area contributed by atoms with E-state index < -0.39 is 0 Å². The number of hydrogen-bond acceptors (Lipinski definition) is 4. The number of hydrogen-bond donors (Lipinski definition) is 1. The molecule has 2 atom stereocenters. The monoisotopic (exact) mass is 464 g/mol. The molecule has 5 nitrogen and oxygen atoms in total. The van der Waals surface area contributed by atoms with Gasteiger partial charge in [0.1, 0.15) is 0 Å². The van der Waals surface area contributed by atoms with E-state index in [4.69, 9.17) is 5.73 Å². The summed E-state index contributed by atoms with van der Waals surface area (Å²) >= 11 is 0. The fraction of sp³-hybridized carbons (Fsp3) is 0.458. The first kappa shape index (κ1) is 25.6. The summed E-state index contributed by atoms with van der Waals surface area (Å²) in [7, 11) is 2.17. The van der Waals surface area contributed by atoms with E-state index in [1.54, 1.807) is 0 Å². The summed E-state index contributed by atoms with van der Waals surface area (Å²) < 4.78 is 0. The molecule has 2 saturated heterocycles. The van der Waals surface area contributed by atoms with Crippen molar-refractivity contribution in [1.82, 2.24) is 14.7 Å². The maximum atomic E-state index is 13.1. The first-order valence-corrected chi connectivity index (χ1v) is 10.7. The van der Waals surface area contributed by atoms with Gasteiger partial charge >= 0.3 is 0 Å². The van der Waals surface area contributed by atoms with Crippen molar-refractivity contribution in [2.24, 2.45) is 11.7 Å². The lowest BCUT2D eigenvalue weighted by atomic mass is 9.89. The molecule has 4 rings (SSSR count). The second-order valence-corrected chi connectivity index (χ2v) is 8.50. The predicted molar refractivity (Wildman–Crippen MR) is 131 cm³/mol. The van der Waals surface area contributed by atoms with Crippen molar-refractivity contribution >= 4 is 30.7 Å². The van der Waals surface area contributed by atoms with E-state index in [0.29, 0.717) is 18.4 Å². The standard InChI is InChI=1S/C24H32N4O.2ClH/c1-26-11-13-27(14-12-26)16-19-7-9-21(10-8-19)24(29)28-17-22(15-25)23(18-28)20-5-3-2-4-6-20;;/h2-10,22-23H,11-18,25H2,1H3;2*1H/t22-,23+;;/m1../s1. The molecule has 2 aromatic carbocycles. The Kier molecular flexibility index (Phi) is 9.79. The molecule has 2 heterocycles. The van der Waals surface area contributed by atoms with Crippen LogP contribution in [0.25, 0.3) is 0 Å². The molecule has 1 amide bonds. The molecule has 0 spiro atoms. The Hall–Kier alpha value is -1.63. The van der Waals surface area contributed by atoms with Gasteiger partial charge in [0, 0.05) is 57.3 Å². The summed E-state index contributed by atoms with van der Waals surface area (Å²) in [6, 6.07) is 18.6. The second-order valence-electron chi connectivity index (χ2n) is 8.50. The summed E-state index contributed by atoms with van der Waals surface area (Å²) in [6.45, 7) is 7.49. The van der Waals surface area contributed by atoms with Gasteiger partial charge in [-0.15, -0.1) is 24.8 Å². The van der Waals surface area contributed by atoms with E-state index in [2.05, 4.69) is 53.2 Å². The number of rotatable bonds is 5. The van der Waals surface area contributed by atoms with E-state index in [1.165, 1.54) is 11.1 Å². The fourth-order valence-corrected chi connectivity index (χ4v) is 4.55. The second kappa shape index (κ2) is 11.8. The van der Waals surface area contributed by atoms with Crippen molar-refractivity contribution in [2.75, 3.05) is 52.9 Å². The zero-order valence-corrected chi connectivity index (χ0v) is 19.8. The van der Waals surface area contributed by atoms with Crippen LogP contribution in [-0.2, 0) is 6.54 Å². The van der Waals surface area contributed by atoms with E-state index >= 15 is 0 Å². The summed E-state index contributed by atoms with van der Waals surface area (Å²) in [5.74, 6) is 0.757. The third-order valence-corrected chi connectivity index (χ3v) is 6.46. The smallest absolute Gasteiger partial charge is 0.253 e. The maximum Gasteiger partial charge on any atom is 0.253 e. The Morgan fingerprint density at radius 3 is 2.19 bits per heavy atom. The Bertz CT molecular complexity index is 810. The molecule has 0 saturated carbocycles.